The van der Waals surface area contributed by atoms with Gasteiger partial charge in [0.05, 0.1) is 0 Å². The van der Waals surface area contributed by atoms with Crippen LogP contribution in [0, 0.1) is 17.8 Å². The fourth-order valence-electron chi connectivity index (χ4n) is 0. The second-order valence-corrected chi connectivity index (χ2v) is 7.53. The molecule has 2 radical (unpaired) electrons. The smallest absolute Gasteiger partial charge is 0 e. The van der Waals surface area contributed by atoms with Crippen molar-refractivity contribution < 1.29 is 65.4 Å². The summed E-state index contributed by atoms with van der Waals surface area (Å²) in [5.41, 5.74) is 0. The Labute approximate surface area is 252 Å². The first-order valence-corrected chi connectivity index (χ1v) is 11.1. The second-order valence-electron chi connectivity index (χ2n) is 7.53. The van der Waals surface area contributed by atoms with Crippen LogP contribution in [0.1, 0.15) is 172 Å². The van der Waals surface area contributed by atoms with Gasteiger partial charge in [0.25, 0.3) is 0 Å². The zero-order valence-electron chi connectivity index (χ0n) is 22.1. The van der Waals surface area contributed by atoms with E-state index in [1.54, 1.807) is 0 Å². The predicted octanol–water partition coefficient (Wildman–Crippen LogP) is 12.9. The van der Waals surface area contributed by atoms with Crippen molar-refractivity contribution in [1.82, 2.24) is 0 Å². The van der Waals surface area contributed by atoms with Gasteiger partial charge < -0.3 is 0 Å². The standard InChI is InChI=1S/3C5H12.3C3H8.4CH4.2Y/c3*1-4-5(2)3;3*1-3-2;;;;;;/h3*5H,4H2,1-3H3;3*3H2,1-2H3;4*1H4;;. The summed E-state index contributed by atoms with van der Waals surface area (Å²) in [5, 5.41) is 0. The van der Waals surface area contributed by atoms with Crippen molar-refractivity contribution in [3.05, 3.63) is 0 Å². The summed E-state index contributed by atoms with van der Waals surface area (Å²) < 4.78 is 0. The molecule has 194 valence electrons. The van der Waals surface area contributed by atoms with Crippen molar-refractivity contribution in [3.8, 4) is 0 Å². The molecule has 0 rings (SSSR count). The molecule has 0 saturated heterocycles. The molecule has 30 heavy (non-hydrogen) atoms. The molecule has 0 bridgehead atoms. The summed E-state index contributed by atoms with van der Waals surface area (Å²) in [5.74, 6) is 2.65. The summed E-state index contributed by atoms with van der Waals surface area (Å²) in [6.45, 7) is 32.7. The van der Waals surface area contributed by atoms with Crippen LogP contribution in [-0.4, -0.2) is 0 Å². The topological polar surface area (TPSA) is 0 Å². The molecule has 2 heteroatoms. The summed E-state index contributed by atoms with van der Waals surface area (Å²) in [6, 6.07) is 0. The number of hydrogen-bond acceptors (Lipinski definition) is 0. The Morgan fingerprint density at radius 2 is 0.367 bits per heavy atom. The van der Waals surface area contributed by atoms with Crippen molar-refractivity contribution in [2.45, 2.75) is 172 Å². The third kappa shape index (κ3) is 383. The van der Waals surface area contributed by atoms with Gasteiger partial charge in [-0.1, -0.05) is 172 Å². The van der Waals surface area contributed by atoms with Crippen LogP contribution in [0.5, 0.6) is 0 Å². The van der Waals surface area contributed by atoms with Crippen molar-refractivity contribution in [2.75, 3.05) is 0 Å². The molecule has 0 spiro atoms. The largest absolute Gasteiger partial charge is 0.0776 e. The summed E-state index contributed by atoms with van der Waals surface area (Å²) in [6.07, 6.45) is 7.67. The van der Waals surface area contributed by atoms with E-state index in [0.717, 1.165) is 17.8 Å². The normalized spacial score (nSPS) is 6.60. The van der Waals surface area contributed by atoms with Gasteiger partial charge in [0.15, 0.2) is 0 Å². The van der Waals surface area contributed by atoms with E-state index in [1.165, 1.54) is 38.5 Å². The third-order valence-corrected chi connectivity index (χ3v) is 2.45. The van der Waals surface area contributed by atoms with Crippen LogP contribution in [-0.2, 0) is 65.4 Å². The minimum atomic E-state index is 0. The molecule has 0 aromatic carbocycles. The fourth-order valence-corrected chi connectivity index (χ4v) is 0. The van der Waals surface area contributed by atoms with Crippen molar-refractivity contribution >= 4 is 0 Å². The van der Waals surface area contributed by atoms with E-state index in [4.69, 9.17) is 0 Å². The minimum Gasteiger partial charge on any atom is -0.0776 e. The second kappa shape index (κ2) is 96.2. The Kier molecular flexibility index (Phi) is 246. The molecule has 0 aromatic heterocycles. The van der Waals surface area contributed by atoms with Crippen LogP contribution in [0.25, 0.3) is 0 Å². The van der Waals surface area contributed by atoms with Gasteiger partial charge in [-0.05, 0) is 17.8 Å². The quantitative estimate of drug-likeness (QED) is 0.307. The monoisotopic (exact) mass is 590 g/mol. The van der Waals surface area contributed by atoms with Gasteiger partial charge in [0, 0.05) is 65.4 Å². The number of rotatable bonds is 3. The average Bonchev–Trinajstić information content (AvgIpc) is 2.50. The van der Waals surface area contributed by atoms with Crippen LogP contribution in [0.15, 0.2) is 0 Å². The van der Waals surface area contributed by atoms with Gasteiger partial charge >= 0.3 is 0 Å². The first kappa shape index (κ1) is 76.8. The van der Waals surface area contributed by atoms with Gasteiger partial charge in [0.1, 0.15) is 0 Å². The Hall–Kier alpha value is 2.21. The molecule has 0 unspecified atom stereocenters. The predicted molar refractivity (Wildman–Crippen MR) is 150 cm³/mol. The van der Waals surface area contributed by atoms with E-state index in [1.807, 2.05) is 0 Å². The molecule has 0 aromatic rings. The first-order valence-electron chi connectivity index (χ1n) is 11.1. The Bertz CT molecular complexity index is 98.0. The summed E-state index contributed by atoms with van der Waals surface area (Å²) >= 11 is 0. The van der Waals surface area contributed by atoms with E-state index in [-0.39, 0.29) is 95.1 Å². The number of hydrogen-bond donors (Lipinski definition) is 0. The maximum Gasteiger partial charge on any atom is 0 e. The summed E-state index contributed by atoms with van der Waals surface area (Å²) in [4.78, 5) is 0. The van der Waals surface area contributed by atoms with Crippen molar-refractivity contribution in [2.24, 2.45) is 17.8 Å². The van der Waals surface area contributed by atoms with Gasteiger partial charge in [-0.2, -0.15) is 0 Å². The van der Waals surface area contributed by atoms with Gasteiger partial charge in [-0.25, -0.2) is 0 Å². The SMILES string of the molecule is C.C.C.C.CCC.CCC.CCC.CCC(C)C.CCC(C)C.CCC(C)C.[Y].[Y]. The van der Waals surface area contributed by atoms with Crippen LogP contribution >= 0.6 is 0 Å². The maximum atomic E-state index is 2.22. The average molecular weight is 591 g/mol. The van der Waals surface area contributed by atoms with Gasteiger partial charge in [0.2, 0.25) is 0 Å². The minimum absolute atomic E-state index is 0. The Morgan fingerprint density at radius 3 is 0.367 bits per heavy atom. The molecule has 0 amide bonds. The zero-order chi connectivity index (χ0) is 21.0. The fraction of sp³-hybridized carbons (Fsp3) is 1.00. The first-order chi connectivity index (χ1) is 11.1. The summed E-state index contributed by atoms with van der Waals surface area (Å²) in [7, 11) is 0. The Morgan fingerprint density at radius 1 is 0.333 bits per heavy atom. The van der Waals surface area contributed by atoms with Crippen LogP contribution in [0.3, 0.4) is 0 Å². The van der Waals surface area contributed by atoms with Crippen LogP contribution in [0.4, 0.5) is 0 Å². The van der Waals surface area contributed by atoms with E-state index in [2.05, 4.69) is 104 Å². The zero-order valence-corrected chi connectivity index (χ0v) is 27.8. The molecule has 0 aliphatic rings. The molecular weight excluding hydrogens is 514 g/mol. The van der Waals surface area contributed by atoms with E-state index < -0.39 is 0 Å². The van der Waals surface area contributed by atoms with Crippen molar-refractivity contribution in [3.63, 3.8) is 0 Å². The van der Waals surface area contributed by atoms with Crippen LogP contribution in [0.2, 0.25) is 0 Å². The Balaban J connectivity index is -0.0000000126. The third-order valence-electron chi connectivity index (χ3n) is 2.45. The van der Waals surface area contributed by atoms with E-state index >= 15 is 0 Å². The van der Waals surface area contributed by atoms with E-state index in [0.29, 0.717) is 0 Å². The van der Waals surface area contributed by atoms with Crippen molar-refractivity contribution in [1.29, 1.82) is 0 Å². The van der Waals surface area contributed by atoms with Crippen LogP contribution < -0.4 is 0 Å². The molecule has 0 aliphatic carbocycles. The molecule has 0 heterocycles. The molecule has 0 nitrogen and oxygen atoms in total. The molecule has 0 N–H and O–H groups in total. The molecule has 0 aliphatic heterocycles. The molecule has 0 fully saturated rings. The molecule has 0 saturated carbocycles. The molecular formula is C28H76Y2. The molecule has 0 atom stereocenters. The van der Waals surface area contributed by atoms with Gasteiger partial charge in [-0.15, -0.1) is 0 Å². The van der Waals surface area contributed by atoms with E-state index in [9.17, 15) is 0 Å². The van der Waals surface area contributed by atoms with Gasteiger partial charge in [-0.3, -0.25) is 0 Å². The maximum absolute atomic E-state index is 2.22.